The Morgan fingerprint density at radius 1 is 1.26 bits per heavy atom. The van der Waals surface area contributed by atoms with Gasteiger partial charge in [-0.1, -0.05) is 20.8 Å². The van der Waals surface area contributed by atoms with E-state index in [1.165, 1.54) is 0 Å². The molecule has 2 unspecified atom stereocenters. The maximum absolute atomic E-state index is 12.4. The summed E-state index contributed by atoms with van der Waals surface area (Å²) in [6.07, 6.45) is 4.74. The molecule has 110 valence electrons. The average Bonchev–Trinajstić information content (AvgIpc) is 2.44. The topological polar surface area (TPSA) is 49.4 Å². The van der Waals surface area contributed by atoms with Crippen molar-refractivity contribution in [2.45, 2.75) is 63.8 Å². The molecule has 1 rings (SSSR count). The average molecular weight is 286 g/mol. The molecule has 0 aliphatic carbocycles. The lowest BCUT2D eigenvalue weighted by molar-refractivity contribution is -0.149. The van der Waals surface area contributed by atoms with E-state index in [4.69, 9.17) is 0 Å². The van der Waals surface area contributed by atoms with Crippen LogP contribution < -0.4 is 5.32 Å². The van der Waals surface area contributed by atoms with Gasteiger partial charge in [-0.05, 0) is 32.4 Å². The highest BCUT2D eigenvalue weighted by Gasteiger charge is 2.40. The molecule has 1 aliphatic heterocycles. The van der Waals surface area contributed by atoms with Crippen LogP contribution in [0.1, 0.15) is 47.0 Å². The summed E-state index contributed by atoms with van der Waals surface area (Å²) in [7, 11) is 0. The molecule has 1 saturated heterocycles. The summed E-state index contributed by atoms with van der Waals surface area (Å²) in [6, 6.07) is -0.711. The maximum atomic E-state index is 12.4. The number of hydrogen-bond acceptors (Lipinski definition) is 3. The Morgan fingerprint density at radius 2 is 1.84 bits per heavy atom. The van der Waals surface area contributed by atoms with E-state index in [0.717, 1.165) is 12.8 Å². The highest BCUT2D eigenvalue weighted by atomic mass is 32.2. The van der Waals surface area contributed by atoms with Gasteiger partial charge < -0.3 is 10.2 Å². The van der Waals surface area contributed by atoms with Crippen LogP contribution in [0.3, 0.4) is 0 Å². The minimum absolute atomic E-state index is 0.0336. The Labute approximate surface area is 120 Å². The quantitative estimate of drug-likeness (QED) is 0.813. The third kappa shape index (κ3) is 3.25. The van der Waals surface area contributed by atoms with E-state index >= 15 is 0 Å². The molecule has 2 amide bonds. The lowest BCUT2D eigenvalue weighted by Gasteiger charge is -2.42. The van der Waals surface area contributed by atoms with Crippen LogP contribution in [0.25, 0.3) is 0 Å². The predicted octanol–water partition coefficient (Wildman–Crippen LogP) is 2.03. The number of rotatable bonds is 6. The number of hydrogen-bond donors (Lipinski definition) is 1. The van der Waals surface area contributed by atoms with Crippen LogP contribution in [-0.4, -0.2) is 46.3 Å². The largest absolute Gasteiger partial charge is 0.343 e. The summed E-state index contributed by atoms with van der Waals surface area (Å²) in [5, 5.41) is 2.80. The highest BCUT2D eigenvalue weighted by molar-refractivity contribution is 8.00. The normalized spacial score (nSPS) is 24.6. The fourth-order valence-corrected chi connectivity index (χ4v) is 3.36. The molecule has 0 aromatic carbocycles. The highest BCUT2D eigenvalue weighted by Crippen LogP contribution is 2.32. The number of thioether (sulfide) groups is 1. The first-order valence-electron chi connectivity index (χ1n) is 7.10. The molecule has 1 heterocycles. The van der Waals surface area contributed by atoms with Gasteiger partial charge in [0.05, 0.1) is 0 Å². The first-order valence-corrected chi connectivity index (χ1v) is 8.33. The maximum Gasteiger partial charge on any atom is 0.245 e. The molecule has 0 bridgehead atoms. The second-order valence-electron chi connectivity index (χ2n) is 5.21. The summed E-state index contributed by atoms with van der Waals surface area (Å²) in [6.45, 7) is 8.70. The van der Waals surface area contributed by atoms with Gasteiger partial charge in [-0.25, -0.2) is 0 Å². The van der Waals surface area contributed by atoms with Crippen LogP contribution in [0.5, 0.6) is 0 Å². The Bertz CT molecular complexity index is 334. The molecule has 1 fully saturated rings. The Kier molecular flexibility index (Phi) is 5.71. The van der Waals surface area contributed by atoms with Crippen LogP contribution in [0.4, 0.5) is 0 Å². The summed E-state index contributed by atoms with van der Waals surface area (Å²) < 4.78 is 0.0554. The van der Waals surface area contributed by atoms with Gasteiger partial charge in [0.1, 0.15) is 12.1 Å². The van der Waals surface area contributed by atoms with Crippen molar-refractivity contribution in [3.63, 3.8) is 0 Å². The van der Waals surface area contributed by atoms with Crippen molar-refractivity contribution in [1.82, 2.24) is 10.2 Å². The van der Waals surface area contributed by atoms with Crippen molar-refractivity contribution in [2.75, 3.05) is 12.8 Å². The Hall–Kier alpha value is -0.710. The van der Waals surface area contributed by atoms with Crippen LogP contribution >= 0.6 is 11.8 Å². The Balaban J connectivity index is 2.94. The third-order valence-electron chi connectivity index (χ3n) is 4.33. The smallest absolute Gasteiger partial charge is 0.245 e. The molecule has 5 heteroatoms. The monoisotopic (exact) mass is 286 g/mol. The SMILES string of the molecule is CCC1NC(=O)C(C)N(CC(CC)(CC)SC)C1=O. The van der Waals surface area contributed by atoms with Gasteiger partial charge in [0.15, 0.2) is 0 Å². The zero-order valence-electron chi connectivity index (χ0n) is 12.7. The van der Waals surface area contributed by atoms with E-state index in [2.05, 4.69) is 25.4 Å². The van der Waals surface area contributed by atoms with Gasteiger partial charge in [0.25, 0.3) is 0 Å². The molecule has 0 spiro atoms. The van der Waals surface area contributed by atoms with E-state index in [9.17, 15) is 9.59 Å². The van der Waals surface area contributed by atoms with E-state index < -0.39 is 0 Å². The van der Waals surface area contributed by atoms with E-state index in [1.807, 2.05) is 13.8 Å². The standard InChI is InChI=1S/C14H26N2O2S/c1-6-11-13(18)16(10(4)12(17)15-11)9-14(7-2,8-3)19-5/h10-11H,6-9H2,1-5H3,(H,15,17). The zero-order valence-corrected chi connectivity index (χ0v) is 13.5. The summed E-state index contributed by atoms with van der Waals surface area (Å²) in [5.41, 5.74) is 0. The lowest BCUT2D eigenvalue weighted by Crippen LogP contribution is -2.64. The summed E-state index contributed by atoms with van der Waals surface area (Å²) in [4.78, 5) is 26.2. The minimum atomic E-state index is -0.361. The molecule has 1 N–H and O–H groups in total. The zero-order chi connectivity index (χ0) is 14.6. The summed E-state index contributed by atoms with van der Waals surface area (Å²) >= 11 is 1.80. The van der Waals surface area contributed by atoms with Crippen molar-refractivity contribution >= 4 is 23.6 Å². The number of amides is 2. The van der Waals surface area contributed by atoms with Crippen molar-refractivity contribution in [1.29, 1.82) is 0 Å². The molecular formula is C14H26N2O2S. The van der Waals surface area contributed by atoms with E-state index in [-0.39, 0.29) is 28.6 Å². The van der Waals surface area contributed by atoms with Gasteiger partial charge in [0, 0.05) is 11.3 Å². The fraction of sp³-hybridized carbons (Fsp3) is 0.857. The van der Waals surface area contributed by atoms with Crippen molar-refractivity contribution < 1.29 is 9.59 Å². The first-order chi connectivity index (χ1) is 8.94. The van der Waals surface area contributed by atoms with Crippen LogP contribution in [0, 0.1) is 0 Å². The molecule has 4 nitrogen and oxygen atoms in total. The first kappa shape index (κ1) is 16.3. The van der Waals surface area contributed by atoms with Crippen molar-refractivity contribution in [3.8, 4) is 0 Å². The minimum Gasteiger partial charge on any atom is -0.343 e. The number of piperazine rings is 1. The fourth-order valence-electron chi connectivity index (χ4n) is 2.52. The van der Waals surface area contributed by atoms with Crippen LogP contribution in [-0.2, 0) is 9.59 Å². The number of nitrogens with zero attached hydrogens (tertiary/aromatic N) is 1. The van der Waals surface area contributed by atoms with Gasteiger partial charge in [0.2, 0.25) is 11.8 Å². The van der Waals surface area contributed by atoms with E-state index in [0.29, 0.717) is 13.0 Å². The number of nitrogens with one attached hydrogen (secondary N) is 1. The molecule has 0 radical (unpaired) electrons. The van der Waals surface area contributed by atoms with Crippen LogP contribution in [0.2, 0.25) is 0 Å². The lowest BCUT2D eigenvalue weighted by atomic mass is 9.98. The van der Waals surface area contributed by atoms with Crippen molar-refractivity contribution in [2.24, 2.45) is 0 Å². The molecule has 0 aromatic rings. The van der Waals surface area contributed by atoms with Crippen molar-refractivity contribution in [3.05, 3.63) is 0 Å². The van der Waals surface area contributed by atoms with Gasteiger partial charge in [-0.15, -0.1) is 0 Å². The molecular weight excluding hydrogens is 260 g/mol. The molecule has 2 atom stereocenters. The second-order valence-corrected chi connectivity index (χ2v) is 6.48. The molecule has 19 heavy (non-hydrogen) atoms. The predicted molar refractivity (Wildman–Crippen MR) is 80.2 cm³/mol. The Morgan fingerprint density at radius 3 is 2.26 bits per heavy atom. The molecule has 0 saturated carbocycles. The van der Waals surface area contributed by atoms with Gasteiger partial charge in [-0.2, -0.15) is 11.8 Å². The third-order valence-corrected chi connectivity index (χ3v) is 5.91. The second kappa shape index (κ2) is 6.64. The number of carbonyl (C=O) groups excluding carboxylic acids is 2. The van der Waals surface area contributed by atoms with Gasteiger partial charge in [-0.3, -0.25) is 9.59 Å². The van der Waals surface area contributed by atoms with Crippen LogP contribution in [0.15, 0.2) is 0 Å². The molecule has 0 aromatic heterocycles. The van der Waals surface area contributed by atoms with E-state index in [1.54, 1.807) is 16.7 Å². The van der Waals surface area contributed by atoms with Gasteiger partial charge >= 0.3 is 0 Å². The number of carbonyl (C=O) groups is 2. The summed E-state index contributed by atoms with van der Waals surface area (Å²) in [5.74, 6) is 0.0311. The molecule has 1 aliphatic rings.